The zero-order valence-electron chi connectivity index (χ0n) is 7.28. The molecule has 0 aromatic rings. The summed E-state index contributed by atoms with van der Waals surface area (Å²) >= 11 is 0. The lowest BCUT2D eigenvalue weighted by molar-refractivity contribution is -0.131. The number of carboxylic acids is 1. The molecule has 4 nitrogen and oxygen atoms in total. The Morgan fingerprint density at radius 1 is 1.83 bits per heavy atom. The van der Waals surface area contributed by atoms with E-state index < -0.39 is 5.97 Å². The van der Waals surface area contributed by atoms with Crippen LogP contribution >= 0.6 is 0 Å². The van der Waals surface area contributed by atoms with Crippen molar-refractivity contribution in [2.24, 2.45) is 10.9 Å². The average Bonchev–Trinajstić information content (AvgIpc) is 2.34. The molecular weight excluding hydrogens is 158 g/mol. The summed E-state index contributed by atoms with van der Waals surface area (Å²) < 4.78 is 5.08. The van der Waals surface area contributed by atoms with Crippen LogP contribution in [0.3, 0.4) is 0 Å². The molecule has 0 bridgehead atoms. The predicted octanol–water partition coefficient (Wildman–Crippen LogP) is 0.914. The van der Waals surface area contributed by atoms with Crippen molar-refractivity contribution in [1.82, 2.24) is 0 Å². The van der Waals surface area contributed by atoms with Gasteiger partial charge in [0, 0.05) is 0 Å². The SMILES string of the molecule is CC(C)CC1CN=C(C(=O)O)O1. The van der Waals surface area contributed by atoms with Gasteiger partial charge >= 0.3 is 5.97 Å². The molecule has 12 heavy (non-hydrogen) atoms. The molecule has 0 radical (unpaired) electrons. The molecule has 1 atom stereocenters. The van der Waals surface area contributed by atoms with Crippen LogP contribution in [0.5, 0.6) is 0 Å². The van der Waals surface area contributed by atoms with Crippen LogP contribution in [0.25, 0.3) is 0 Å². The summed E-state index contributed by atoms with van der Waals surface area (Å²) in [5, 5.41) is 8.51. The van der Waals surface area contributed by atoms with Crippen molar-refractivity contribution in [3.8, 4) is 0 Å². The van der Waals surface area contributed by atoms with Gasteiger partial charge in [-0.05, 0) is 12.3 Å². The lowest BCUT2D eigenvalue weighted by Crippen LogP contribution is -2.19. The van der Waals surface area contributed by atoms with Crippen LogP contribution in [0.2, 0.25) is 0 Å². The lowest BCUT2D eigenvalue weighted by atomic mass is 10.1. The van der Waals surface area contributed by atoms with Crippen molar-refractivity contribution >= 4 is 11.9 Å². The molecule has 0 fully saturated rings. The van der Waals surface area contributed by atoms with Crippen molar-refractivity contribution in [3.05, 3.63) is 0 Å². The standard InChI is InChI=1S/C8H13NO3/c1-5(2)3-6-4-9-7(12-6)8(10)11/h5-6H,3-4H2,1-2H3,(H,10,11). The van der Waals surface area contributed by atoms with E-state index in [1.807, 2.05) is 0 Å². The molecule has 1 N–H and O–H groups in total. The molecule has 1 aliphatic heterocycles. The molecule has 0 aliphatic carbocycles. The second-order valence-corrected chi connectivity index (χ2v) is 3.32. The van der Waals surface area contributed by atoms with Crippen molar-refractivity contribution in [2.45, 2.75) is 26.4 Å². The molecule has 0 amide bonds. The Morgan fingerprint density at radius 2 is 2.50 bits per heavy atom. The van der Waals surface area contributed by atoms with Gasteiger partial charge in [0.25, 0.3) is 5.90 Å². The molecule has 1 heterocycles. The first kappa shape index (κ1) is 9.03. The fraction of sp³-hybridized carbons (Fsp3) is 0.750. The number of hydrogen-bond acceptors (Lipinski definition) is 3. The van der Waals surface area contributed by atoms with Crippen LogP contribution in [-0.4, -0.2) is 29.6 Å². The number of rotatable bonds is 3. The fourth-order valence-corrected chi connectivity index (χ4v) is 1.18. The maximum Gasteiger partial charge on any atom is 0.391 e. The number of nitrogens with zero attached hydrogens (tertiary/aromatic N) is 1. The number of hydrogen-bond donors (Lipinski definition) is 1. The Balaban J connectivity index is 2.37. The monoisotopic (exact) mass is 171 g/mol. The molecule has 0 spiro atoms. The number of carbonyl (C=O) groups is 1. The van der Waals surface area contributed by atoms with E-state index >= 15 is 0 Å². The minimum Gasteiger partial charge on any atom is -0.474 e. The van der Waals surface area contributed by atoms with Gasteiger partial charge in [-0.3, -0.25) is 0 Å². The molecule has 1 rings (SSSR count). The Morgan fingerprint density at radius 3 is 2.92 bits per heavy atom. The van der Waals surface area contributed by atoms with Crippen LogP contribution in [0.4, 0.5) is 0 Å². The highest BCUT2D eigenvalue weighted by Gasteiger charge is 2.24. The second-order valence-electron chi connectivity index (χ2n) is 3.32. The van der Waals surface area contributed by atoms with E-state index in [2.05, 4.69) is 18.8 Å². The van der Waals surface area contributed by atoms with E-state index in [1.165, 1.54) is 0 Å². The Bertz CT molecular complexity index is 210. The van der Waals surface area contributed by atoms with Gasteiger partial charge in [0.05, 0.1) is 6.54 Å². The molecule has 1 aliphatic rings. The van der Waals surface area contributed by atoms with Crippen molar-refractivity contribution in [3.63, 3.8) is 0 Å². The topological polar surface area (TPSA) is 58.9 Å². The van der Waals surface area contributed by atoms with Gasteiger partial charge < -0.3 is 9.84 Å². The van der Waals surface area contributed by atoms with Crippen LogP contribution in [-0.2, 0) is 9.53 Å². The van der Waals surface area contributed by atoms with Gasteiger partial charge in [-0.2, -0.15) is 0 Å². The predicted molar refractivity (Wildman–Crippen MR) is 44.3 cm³/mol. The summed E-state index contributed by atoms with van der Waals surface area (Å²) in [6.45, 7) is 4.63. The zero-order chi connectivity index (χ0) is 9.14. The van der Waals surface area contributed by atoms with E-state index in [-0.39, 0.29) is 12.0 Å². The summed E-state index contributed by atoms with van der Waals surface area (Å²) in [7, 11) is 0. The van der Waals surface area contributed by atoms with Crippen LogP contribution in [0.1, 0.15) is 20.3 Å². The quantitative estimate of drug-likeness (QED) is 0.686. The van der Waals surface area contributed by atoms with E-state index in [9.17, 15) is 4.79 Å². The minimum atomic E-state index is -1.07. The third-order valence-corrected chi connectivity index (χ3v) is 1.63. The summed E-state index contributed by atoms with van der Waals surface area (Å²) in [5.41, 5.74) is 0. The first-order chi connectivity index (χ1) is 5.59. The maximum atomic E-state index is 10.4. The molecular formula is C8H13NO3. The smallest absolute Gasteiger partial charge is 0.391 e. The summed E-state index contributed by atoms with van der Waals surface area (Å²) in [6, 6.07) is 0. The lowest BCUT2D eigenvalue weighted by Gasteiger charge is -2.11. The molecule has 0 aromatic heterocycles. The van der Waals surface area contributed by atoms with Crippen molar-refractivity contribution in [1.29, 1.82) is 0 Å². The number of aliphatic carboxylic acids is 1. The highest BCUT2D eigenvalue weighted by molar-refractivity contribution is 6.32. The van der Waals surface area contributed by atoms with Crippen LogP contribution < -0.4 is 0 Å². The van der Waals surface area contributed by atoms with Crippen LogP contribution in [0.15, 0.2) is 4.99 Å². The van der Waals surface area contributed by atoms with Gasteiger partial charge in [0.2, 0.25) is 0 Å². The van der Waals surface area contributed by atoms with Crippen LogP contribution in [0, 0.1) is 5.92 Å². The molecule has 4 heteroatoms. The second kappa shape index (κ2) is 3.56. The van der Waals surface area contributed by atoms with E-state index in [0.29, 0.717) is 12.5 Å². The molecule has 0 saturated heterocycles. The zero-order valence-corrected chi connectivity index (χ0v) is 7.28. The minimum absolute atomic E-state index is 0.0314. The average molecular weight is 171 g/mol. The normalized spacial score (nSPS) is 22.2. The third kappa shape index (κ3) is 2.22. The highest BCUT2D eigenvalue weighted by Crippen LogP contribution is 2.13. The van der Waals surface area contributed by atoms with Gasteiger partial charge in [-0.25, -0.2) is 9.79 Å². The number of aliphatic imine (C=N–C) groups is 1. The van der Waals surface area contributed by atoms with E-state index in [1.54, 1.807) is 0 Å². The fourth-order valence-electron chi connectivity index (χ4n) is 1.18. The van der Waals surface area contributed by atoms with Crippen molar-refractivity contribution < 1.29 is 14.6 Å². The summed E-state index contributed by atoms with van der Waals surface area (Å²) in [4.78, 5) is 14.1. The molecule has 1 unspecified atom stereocenters. The molecule has 0 saturated carbocycles. The highest BCUT2D eigenvalue weighted by atomic mass is 16.5. The Labute approximate surface area is 71.3 Å². The Hall–Kier alpha value is -1.06. The van der Waals surface area contributed by atoms with Gasteiger partial charge in [0.1, 0.15) is 6.10 Å². The van der Waals surface area contributed by atoms with Gasteiger partial charge in [-0.1, -0.05) is 13.8 Å². The summed E-state index contributed by atoms with van der Waals surface area (Å²) in [6.07, 6.45) is 0.830. The molecule has 68 valence electrons. The van der Waals surface area contributed by atoms with Gasteiger partial charge in [-0.15, -0.1) is 0 Å². The number of ether oxygens (including phenoxy) is 1. The first-order valence-corrected chi connectivity index (χ1v) is 4.04. The Kier molecular flexibility index (Phi) is 2.68. The molecule has 0 aromatic carbocycles. The maximum absolute atomic E-state index is 10.4. The summed E-state index contributed by atoms with van der Waals surface area (Å²) in [5.74, 6) is -0.694. The van der Waals surface area contributed by atoms with Crippen molar-refractivity contribution in [2.75, 3.05) is 6.54 Å². The van der Waals surface area contributed by atoms with E-state index in [4.69, 9.17) is 9.84 Å². The van der Waals surface area contributed by atoms with Gasteiger partial charge in [0.15, 0.2) is 0 Å². The first-order valence-electron chi connectivity index (χ1n) is 4.04. The largest absolute Gasteiger partial charge is 0.474 e. The third-order valence-electron chi connectivity index (χ3n) is 1.63. The number of carboxylic acid groups (broad SMARTS) is 1. The van der Waals surface area contributed by atoms with E-state index in [0.717, 1.165) is 6.42 Å².